The molecule has 7 nitrogen and oxygen atoms in total. The molecule has 1 atom stereocenters. The monoisotopic (exact) mass is 537 g/mol. The van der Waals surface area contributed by atoms with Crippen LogP contribution in [0.4, 0.5) is 10.1 Å². The number of hydrogen-bond donors (Lipinski definition) is 1. The van der Waals surface area contributed by atoms with Crippen molar-refractivity contribution in [2.75, 3.05) is 24.2 Å². The van der Waals surface area contributed by atoms with Crippen LogP contribution in [-0.2, 0) is 26.2 Å². The Hall–Kier alpha value is -2.07. The molecule has 0 radical (unpaired) electrons. The fraction of sp³-hybridized carbons (Fsp3) is 0.333. The molecule has 1 N–H and O–H groups in total. The Morgan fingerprint density at radius 3 is 2.24 bits per heavy atom. The average Bonchev–Trinajstić information content (AvgIpc) is 2.75. The number of benzene rings is 2. The molecule has 0 aliphatic heterocycles. The van der Waals surface area contributed by atoms with Gasteiger partial charge in [-0.2, -0.15) is 0 Å². The molecule has 0 bridgehead atoms. The van der Waals surface area contributed by atoms with Crippen molar-refractivity contribution < 1.29 is 22.4 Å². The highest BCUT2D eigenvalue weighted by atomic mass is 35.5. The van der Waals surface area contributed by atoms with Crippen molar-refractivity contribution in [3.8, 4) is 0 Å². The summed E-state index contributed by atoms with van der Waals surface area (Å²) in [6.45, 7) is 1.07. The van der Waals surface area contributed by atoms with Crippen LogP contribution in [0.1, 0.15) is 18.9 Å². The van der Waals surface area contributed by atoms with Crippen LogP contribution in [0.2, 0.25) is 15.1 Å². The summed E-state index contributed by atoms with van der Waals surface area (Å²) in [5, 5.41) is 2.82. The molecular weight excluding hydrogens is 516 g/mol. The van der Waals surface area contributed by atoms with Gasteiger partial charge < -0.3 is 10.2 Å². The molecule has 0 saturated carbocycles. The maximum Gasteiger partial charge on any atom is 0.244 e. The van der Waals surface area contributed by atoms with Gasteiger partial charge in [-0.3, -0.25) is 13.9 Å². The van der Waals surface area contributed by atoms with Crippen LogP contribution in [0.25, 0.3) is 0 Å². The van der Waals surface area contributed by atoms with Crippen LogP contribution in [0.3, 0.4) is 0 Å². The zero-order valence-corrected chi connectivity index (χ0v) is 21.2. The quantitative estimate of drug-likeness (QED) is 0.521. The Morgan fingerprint density at radius 2 is 1.73 bits per heavy atom. The Morgan fingerprint density at radius 1 is 1.06 bits per heavy atom. The fourth-order valence-electron chi connectivity index (χ4n) is 3.17. The highest BCUT2D eigenvalue weighted by Gasteiger charge is 2.31. The predicted octanol–water partition coefficient (Wildman–Crippen LogP) is 4.11. The molecule has 2 amide bonds. The van der Waals surface area contributed by atoms with E-state index in [-0.39, 0.29) is 28.7 Å². The van der Waals surface area contributed by atoms with Gasteiger partial charge in [0, 0.05) is 13.6 Å². The topological polar surface area (TPSA) is 86.8 Å². The second-order valence-corrected chi connectivity index (χ2v) is 10.3. The largest absolute Gasteiger partial charge is 0.357 e. The second kappa shape index (κ2) is 11.4. The van der Waals surface area contributed by atoms with Crippen molar-refractivity contribution in [3.63, 3.8) is 0 Å². The number of nitrogens with one attached hydrogen (secondary N) is 1. The first-order valence-corrected chi connectivity index (χ1v) is 12.7. The van der Waals surface area contributed by atoms with Crippen molar-refractivity contribution >= 4 is 62.3 Å². The minimum atomic E-state index is -3.95. The Balaban J connectivity index is 2.46. The van der Waals surface area contributed by atoms with E-state index in [9.17, 15) is 22.4 Å². The van der Waals surface area contributed by atoms with Gasteiger partial charge in [0.1, 0.15) is 18.4 Å². The molecule has 33 heavy (non-hydrogen) atoms. The molecule has 0 unspecified atom stereocenters. The molecule has 0 aliphatic rings. The highest BCUT2D eigenvalue weighted by Crippen LogP contribution is 2.26. The normalized spacial score (nSPS) is 12.2. The van der Waals surface area contributed by atoms with Crippen molar-refractivity contribution in [3.05, 3.63) is 62.8 Å². The summed E-state index contributed by atoms with van der Waals surface area (Å²) >= 11 is 17.9. The summed E-state index contributed by atoms with van der Waals surface area (Å²) in [6, 6.07) is 7.22. The van der Waals surface area contributed by atoms with E-state index in [1.165, 1.54) is 18.0 Å². The summed E-state index contributed by atoms with van der Waals surface area (Å²) < 4.78 is 39.3. The van der Waals surface area contributed by atoms with Gasteiger partial charge in [0.25, 0.3) is 0 Å². The van der Waals surface area contributed by atoms with Crippen molar-refractivity contribution in [2.45, 2.75) is 25.9 Å². The molecule has 0 fully saturated rings. The smallest absolute Gasteiger partial charge is 0.244 e. The number of rotatable bonds is 9. The fourth-order valence-corrected chi connectivity index (χ4v) is 4.51. The Labute approximate surface area is 207 Å². The highest BCUT2D eigenvalue weighted by molar-refractivity contribution is 7.92. The lowest BCUT2D eigenvalue weighted by molar-refractivity contribution is -0.140. The first kappa shape index (κ1) is 27.2. The number of anilines is 1. The van der Waals surface area contributed by atoms with Crippen LogP contribution >= 0.6 is 34.8 Å². The second-order valence-electron chi connectivity index (χ2n) is 7.18. The zero-order valence-electron chi connectivity index (χ0n) is 18.1. The lowest BCUT2D eigenvalue weighted by Gasteiger charge is -2.32. The Bertz CT molecular complexity index is 1150. The summed E-state index contributed by atoms with van der Waals surface area (Å²) in [6.07, 6.45) is 1.19. The maximum atomic E-state index is 13.6. The van der Waals surface area contributed by atoms with Gasteiger partial charge in [0.05, 0.1) is 27.0 Å². The summed E-state index contributed by atoms with van der Waals surface area (Å²) in [7, 11) is -2.51. The maximum absolute atomic E-state index is 13.6. The number of carbonyl (C=O) groups is 2. The van der Waals surface area contributed by atoms with Crippen LogP contribution in [0.5, 0.6) is 0 Å². The molecule has 12 heteroatoms. The third kappa shape index (κ3) is 6.96. The number of nitrogens with zero attached hydrogens (tertiary/aromatic N) is 2. The molecule has 0 heterocycles. The lowest BCUT2D eigenvalue weighted by atomic mass is 10.1. The predicted molar refractivity (Wildman–Crippen MR) is 129 cm³/mol. The number of likely N-dealkylation sites (N-methyl/N-ethyl adjacent to an activating group) is 1. The van der Waals surface area contributed by atoms with Gasteiger partial charge in [0.15, 0.2) is 0 Å². The minimum absolute atomic E-state index is 0.0136. The van der Waals surface area contributed by atoms with Gasteiger partial charge in [-0.15, -0.1) is 0 Å². The molecule has 2 aromatic carbocycles. The van der Waals surface area contributed by atoms with Crippen molar-refractivity contribution in [2.24, 2.45) is 0 Å². The van der Waals surface area contributed by atoms with E-state index < -0.39 is 40.2 Å². The molecule has 2 aromatic rings. The molecule has 0 saturated heterocycles. The van der Waals surface area contributed by atoms with E-state index in [0.29, 0.717) is 10.6 Å². The van der Waals surface area contributed by atoms with E-state index in [4.69, 9.17) is 34.8 Å². The van der Waals surface area contributed by atoms with Gasteiger partial charge >= 0.3 is 0 Å². The van der Waals surface area contributed by atoms with Crippen molar-refractivity contribution in [1.29, 1.82) is 0 Å². The third-order valence-corrected chi connectivity index (χ3v) is 7.01. The summed E-state index contributed by atoms with van der Waals surface area (Å²) in [5.41, 5.74) is 0.607. The van der Waals surface area contributed by atoms with E-state index in [2.05, 4.69) is 5.32 Å². The molecule has 0 aromatic heterocycles. The van der Waals surface area contributed by atoms with Crippen LogP contribution in [0, 0.1) is 5.82 Å². The number of carbonyl (C=O) groups excluding carboxylic acids is 2. The lowest BCUT2D eigenvalue weighted by Crippen LogP contribution is -2.51. The molecule has 0 spiro atoms. The van der Waals surface area contributed by atoms with Gasteiger partial charge in [0.2, 0.25) is 21.8 Å². The van der Waals surface area contributed by atoms with Gasteiger partial charge in [-0.05, 0) is 42.3 Å². The summed E-state index contributed by atoms with van der Waals surface area (Å²) in [4.78, 5) is 27.1. The average molecular weight is 539 g/mol. The number of hydrogen-bond acceptors (Lipinski definition) is 4. The first-order valence-electron chi connectivity index (χ1n) is 9.76. The van der Waals surface area contributed by atoms with Crippen LogP contribution in [0.15, 0.2) is 36.4 Å². The Kier molecular flexibility index (Phi) is 9.37. The van der Waals surface area contributed by atoms with E-state index in [1.54, 1.807) is 25.1 Å². The number of sulfonamides is 1. The standard InChI is InChI=1S/C21H23Cl3FN3O4S/c1-4-19(21(30)26-2)27(11-13-5-7-15(22)16(23)9-13)20(29)12-28(33(3,31)32)14-6-8-18(25)17(24)10-14/h5-10,19H,4,11-12H2,1-3H3,(H,26,30)/t19-/m0/s1. The molecule has 180 valence electrons. The molecule has 2 rings (SSSR count). The van der Waals surface area contributed by atoms with E-state index in [0.717, 1.165) is 22.7 Å². The van der Waals surface area contributed by atoms with Crippen LogP contribution < -0.4 is 9.62 Å². The van der Waals surface area contributed by atoms with E-state index in [1.807, 2.05) is 0 Å². The van der Waals surface area contributed by atoms with Crippen molar-refractivity contribution in [1.82, 2.24) is 10.2 Å². The first-order chi connectivity index (χ1) is 15.4. The number of amides is 2. The molecule has 0 aliphatic carbocycles. The van der Waals surface area contributed by atoms with Crippen LogP contribution in [-0.4, -0.2) is 51.0 Å². The minimum Gasteiger partial charge on any atom is -0.357 e. The van der Waals surface area contributed by atoms with Gasteiger partial charge in [-0.25, -0.2) is 12.8 Å². The molecular formula is C21H23Cl3FN3O4S. The van der Waals surface area contributed by atoms with Gasteiger partial charge in [-0.1, -0.05) is 47.8 Å². The van der Waals surface area contributed by atoms with E-state index >= 15 is 0 Å². The third-order valence-electron chi connectivity index (χ3n) is 4.84. The SMILES string of the molecule is CC[C@@H](C(=O)NC)N(Cc1ccc(Cl)c(Cl)c1)C(=O)CN(c1ccc(F)c(Cl)c1)S(C)(=O)=O. The number of halogens is 4. The zero-order chi connectivity index (χ0) is 24.9. The summed E-state index contributed by atoms with van der Waals surface area (Å²) in [5.74, 6) is -1.80.